The molecule has 7 nitrogen and oxygen atoms in total. The summed E-state index contributed by atoms with van der Waals surface area (Å²) < 4.78 is 12.7. The Hall–Kier alpha value is -2.12. The molecule has 0 radical (unpaired) electrons. The van der Waals surface area contributed by atoms with Crippen LogP contribution in [0.4, 0.5) is 0 Å². The molecule has 0 atom stereocenters. The molecule has 3 rings (SSSR count). The number of aromatic hydroxyl groups is 1. The highest BCUT2D eigenvalue weighted by Crippen LogP contribution is 2.43. The zero-order valence-electron chi connectivity index (χ0n) is 31.1. The fraction of sp³-hybridized carbons (Fsp3) is 0.789. The van der Waals surface area contributed by atoms with Gasteiger partial charge in [0.1, 0.15) is 18.0 Å². The van der Waals surface area contributed by atoms with E-state index in [9.17, 15) is 14.7 Å². The van der Waals surface area contributed by atoms with E-state index in [-0.39, 0.29) is 63.8 Å². The molecule has 0 bridgehead atoms. The predicted octanol–water partition coefficient (Wildman–Crippen LogP) is 7.63. The number of hydrogen-bond acceptors (Lipinski definition) is 7. The normalized spacial score (nSPS) is 22.1. The Labute approximate surface area is 274 Å². The molecule has 0 spiro atoms. The Morgan fingerprint density at radius 3 is 1.29 bits per heavy atom. The minimum absolute atomic E-state index is 0.128. The Morgan fingerprint density at radius 2 is 1.02 bits per heavy atom. The number of carbonyl (C=O) groups excluding carboxylic acids is 2. The van der Waals surface area contributed by atoms with Crippen molar-refractivity contribution in [2.24, 2.45) is 5.41 Å². The lowest BCUT2D eigenvalue weighted by Gasteiger charge is -2.47. The number of piperidine rings is 2. The first-order valence-corrected chi connectivity index (χ1v) is 17.0. The number of ether oxygens (including phenoxy) is 2. The number of phenols is 1. The summed E-state index contributed by atoms with van der Waals surface area (Å²) in [7, 11) is 0. The van der Waals surface area contributed by atoms with Crippen molar-refractivity contribution in [1.29, 1.82) is 0 Å². The fourth-order valence-electron chi connectivity index (χ4n) is 8.08. The lowest BCUT2D eigenvalue weighted by molar-refractivity contribution is -0.183. The van der Waals surface area contributed by atoms with E-state index >= 15 is 0 Å². The van der Waals surface area contributed by atoms with E-state index in [4.69, 9.17) is 9.47 Å². The van der Waals surface area contributed by atoms with Crippen molar-refractivity contribution in [2.75, 3.05) is 0 Å². The lowest BCUT2D eigenvalue weighted by atomic mass is 9.74. The van der Waals surface area contributed by atoms with Crippen molar-refractivity contribution >= 4 is 11.9 Å². The predicted molar refractivity (Wildman–Crippen MR) is 183 cm³/mol. The number of hydrogen-bond donors (Lipinski definition) is 3. The summed E-state index contributed by atoms with van der Waals surface area (Å²) in [5.74, 6) is -0.781. The fourth-order valence-corrected chi connectivity index (χ4v) is 8.08. The molecule has 45 heavy (non-hydrogen) atoms. The number of carbonyl (C=O) groups is 2. The highest BCUT2D eigenvalue weighted by atomic mass is 16.6. The molecule has 2 heterocycles. The third-order valence-electron chi connectivity index (χ3n) is 9.53. The van der Waals surface area contributed by atoms with Crippen molar-refractivity contribution in [2.45, 2.75) is 188 Å². The maximum Gasteiger partial charge on any atom is 0.324 e. The van der Waals surface area contributed by atoms with Crippen molar-refractivity contribution in [3.8, 4) is 5.75 Å². The Balaban J connectivity index is 2.12. The van der Waals surface area contributed by atoms with Crippen LogP contribution in [0.1, 0.15) is 153 Å². The van der Waals surface area contributed by atoms with Crippen LogP contribution in [0.5, 0.6) is 5.75 Å². The summed E-state index contributed by atoms with van der Waals surface area (Å²) in [4.78, 5) is 29.1. The second-order valence-corrected chi connectivity index (χ2v) is 18.8. The van der Waals surface area contributed by atoms with Gasteiger partial charge in [0.05, 0.1) is 0 Å². The summed E-state index contributed by atoms with van der Waals surface area (Å²) >= 11 is 0. The second-order valence-electron chi connectivity index (χ2n) is 18.8. The first-order chi connectivity index (χ1) is 20.1. The standard InChI is InChI=1S/C38H64N2O5/c1-16-38(30(42)44-25-20-34(8,9)39-35(10,11)21-25,31(43)45-26-22-36(12,13)40-37(14,15)23-26)19-24-17-27(32(2,3)4)29(41)28(18-24)33(5,6)7/h17-18,25-26,39-41H,16,19-23H2,1-15H3. The maximum absolute atomic E-state index is 14.6. The van der Waals surface area contributed by atoms with Crippen molar-refractivity contribution in [3.05, 3.63) is 28.8 Å². The smallest absolute Gasteiger partial charge is 0.324 e. The van der Waals surface area contributed by atoms with Gasteiger partial charge in [-0.3, -0.25) is 9.59 Å². The molecule has 2 saturated heterocycles. The van der Waals surface area contributed by atoms with Crippen LogP contribution in [0.15, 0.2) is 12.1 Å². The van der Waals surface area contributed by atoms with Gasteiger partial charge in [-0.15, -0.1) is 0 Å². The molecule has 3 N–H and O–H groups in total. The van der Waals surface area contributed by atoms with Gasteiger partial charge in [-0.05, 0) is 95.8 Å². The minimum Gasteiger partial charge on any atom is -0.507 e. The van der Waals surface area contributed by atoms with Gasteiger partial charge in [0.25, 0.3) is 0 Å². The average Bonchev–Trinajstić information content (AvgIpc) is 2.77. The number of esters is 2. The summed E-state index contributed by atoms with van der Waals surface area (Å²) in [6.07, 6.45) is 2.28. The molecule has 0 aromatic heterocycles. The zero-order chi connectivity index (χ0) is 34.6. The summed E-state index contributed by atoms with van der Waals surface area (Å²) in [6.45, 7) is 31.2. The van der Waals surface area contributed by atoms with E-state index in [1.165, 1.54) is 0 Å². The molecule has 0 unspecified atom stereocenters. The van der Waals surface area contributed by atoms with Gasteiger partial charge in [0.2, 0.25) is 0 Å². The zero-order valence-corrected chi connectivity index (χ0v) is 31.1. The number of nitrogens with one attached hydrogen (secondary N) is 2. The molecule has 256 valence electrons. The van der Waals surface area contributed by atoms with E-state index in [1.807, 2.05) is 19.1 Å². The molecule has 1 aromatic rings. The van der Waals surface area contributed by atoms with E-state index in [0.717, 1.165) is 16.7 Å². The van der Waals surface area contributed by atoms with E-state index in [2.05, 4.69) is 108 Å². The van der Waals surface area contributed by atoms with E-state index in [1.54, 1.807) is 0 Å². The molecular weight excluding hydrogens is 564 g/mol. The molecular formula is C38H64N2O5. The minimum atomic E-state index is -1.54. The van der Waals surface area contributed by atoms with Crippen molar-refractivity contribution in [3.63, 3.8) is 0 Å². The van der Waals surface area contributed by atoms with Gasteiger partial charge in [-0.2, -0.15) is 0 Å². The third-order valence-corrected chi connectivity index (χ3v) is 9.53. The Kier molecular flexibility index (Phi) is 10.1. The van der Waals surface area contributed by atoms with Crippen molar-refractivity contribution < 1.29 is 24.2 Å². The van der Waals surface area contributed by atoms with Crippen LogP contribution >= 0.6 is 0 Å². The van der Waals surface area contributed by atoms with Gasteiger partial charge in [-0.1, -0.05) is 60.6 Å². The largest absolute Gasteiger partial charge is 0.507 e. The summed E-state index contributed by atoms with van der Waals surface area (Å²) in [6, 6.07) is 3.92. The van der Waals surface area contributed by atoms with Gasteiger partial charge in [0, 0.05) is 47.8 Å². The molecule has 0 aliphatic carbocycles. The van der Waals surface area contributed by atoms with Crippen LogP contribution < -0.4 is 10.6 Å². The van der Waals surface area contributed by atoms with E-state index in [0.29, 0.717) is 25.7 Å². The SMILES string of the molecule is CCC(Cc1cc(C(C)(C)C)c(O)c(C(C)(C)C)c1)(C(=O)OC1CC(C)(C)NC(C)(C)C1)C(=O)OC1CC(C)(C)NC(C)(C)C1. The molecule has 1 aromatic carbocycles. The molecule has 2 aliphatic heterocycles. The summed E-state index contributed by atoms with van der Waals surface area (Å²) in [5.41, 5.74) is -0.759. The summed E-state index contributed by atoms with van der Waals surface area (Å²) in [5, 5.41) is 18.7. The van der Waals surface area contributed by atoms with Gasteiger partial charge in [0.15, 0.2) is 5.41 Å². The Bertz CT molecular complexity index is 1140. The quantitative estimate of drug-likeness (QED) is 0.211. The molecule has 0 saturated carbocycles. The third kappa shape index (κ3) is 9.03. The first kappa shape index (κ1) is 37.3. The highest BCUT2D eigenvalue weighted by Gasteiger charge is 2.52. The molecule has 0 amide bonds. The van der Waals surface area contributed by atoms with Crippen LogP contribution in [0.25, 0.3) is 0 Å². The number of rotatable bonds is 7. The maximum atomic E-state index is 14.6. The average molecular weight is 629 g/mol. The molecule has 2 aliphatic rings. The highest BCUT2D eigenvalue weighted by molar-refractivity contribution is 6.00. The van der Waals surface area contributed by atoms with Crippen LogP contribution in [-0.2, 0) is 36.3 Å². The van der Waals surface area contributed by atoms with Crippen LogP contribution in [-0.4, -0.2) is 51.4 Å². The Morgan fingerprint density at radius 1 is 0.711 bits per heavy atom. The monoisotopic (exact) mass is 628 g/mol. The topological polar surface area (TPSA) is 96.9 Å². The first-order valence-electron chi connectivity index (χ1n) is 17.0. The van der Waals surface area contributed by atoms with Gasteiger partial charge < -0.3 is 25.2 Å². The molecule has 2 fully saturated rings. The second kappa shape index (κ2) is 12.2. The van der Waals surface area contributed by atoms with Gasteiger partial charge in [-0.25, -0.2) is 0 Å². The number of phenolic OH excluding ortho intramolecular Hbond substituents is 1. The van der Waals surface area contributed by atoms with Crippen LogP contribution in [0, 0.1) is 5.41 Å². The van der Waals surface area contributed by atoms with Crippen LogP contribution in [0.3, 0.4) is 0 Å². The van der Waals surface area contributed by atoms with Crippen molar-refractivity contribution in [1.82, 2.24) is 10.6 Å². The lowest BCUT2D eigenvalue weighted by Crippen LogP contribution is -2.61. The number of benzene rings is 1. The molecule has 7 heteroatoms. The van der Waals surface area contributed by atoms with Gasteiger partial charge >= 0.3 is 11.9 Å². The van der Waals surface area contributed by atoms with Crippen LogP contribution in [0.2, 0.25) is 0 Å². The van der Waals surface area contributed by atoms with E-state index < -0.39 is 17.4 Å².